The summed E-state index contributed by atoms with van der Waals surface area (Å²) in [5.41, 5.74) is 9.09. The third kappa shape index (κ3) is 5.14. The van der Waals surface area contributed by atoms with Crippen LogP contribution in [0.5, 0.6) is 0 Å². The molecule has 1 aliphatic heterocycles. The summed E-state index contributed by atoms with van der Waals surface area (Å²) in [6, 6.07) is 13.9. The van der Waals surface area contributed by atoms with Gasteiger partial charge in [-0.3, -0.25) is 9.59 Å². The van der Waals surface area contributed by atoms with Crippen molar-refractivity contribution in [3.05, 3.63) is 77.1 Å². The molecule has 196 valence electrons. The van der Waals surface area contributed by atoms with Crippen molar-refractivity contribution in [2.75, 3.05) is 25.4 Å². The monoisotopic (exact) mass is 516 g/mol. The molecule has 11 heteroatoms. The third-order valence-corrected chi connectivity index (χ3v) is 7.03. The minimum atomic E-state index is -0.971. The lowest BCUT2D eigenvalue weighted by atomic mass is 10.1. The Morgan fingerprint density at radius 1 is 1.11 bits per heavy atom. The first-order valence-electron chi connectivity index (χ1n) is 12.4. The maximum atomic E-state index is 13.1. The second kappa shape index (κ2) is 10.5. The number of carboxylic acid groups (broad SMARTS) is 1. The molecule has 2 heterocycles. The van der Waals surface area contributed by atoms with Gasteiger partial charge in [0.2, 0.25) is 0 Å². The lowest BCUT2D eigenvalue weighted by molar-refractivity contribution is 0.0857. The van der Waals surface area contributed by atoms with Crippen molar-refractivity contribution in [1.82, 2.24) is 25.5 Å². The summed E-state index contributed by atoms with van der Waals surface area (Å²) in [7, 11) is 0. The van der Waals surface area contributed by atoms with Crippen molar-refractivity contribution in [2.45, 2.75) is 25.0 Å². The Bertz CT molecular complexity index is 1400. The third-order valence-electron chi connectivity index (χ3n) is 7.03. The molecule has 0 spiro atoms. The summed E-state index contributed by atoms with van der Waals surface area (Å²) in [5, 5.41) is 25.3. The number of aliphatic hydroxyl groups excluding tert-OH is 1. The molecule has 3 aromatic rings. The molecule has 6 N–H and O–H groups in total. The number of benzene rings is 2. The SMILES string of the molecule is Nc1ncc(-c2cccc(C(=O)N[C@@H]3c4ccccc4C[C@@H]3O)c2)nc1C(=O)NC[C@@H]1CCN(C(=O)O)C1. The van der Waals surface area contributed by atoms with Crippen molar-refractivity contribution in [1.29, 1.82) is 0 Å². The number of nitrogens with two attached hydrogens (primary N) is 1. The van der Waals surface area contributed by atoms with Crippen LogP contribution in [0.25, 0.3) is 11.3 Å². The predicted octanol–water partition coefficient (Wildman–Crippen LogP) is 1.84. The number of carbonyl (C=O) groups excluding carboxylic acids is 2. The van der Waals surface area contributed by atoms with Crippen LogP contribution in [-0.2, 0) is 6.42 Å². The number of nitrogen functional groups attached to an aromatic ring is 1. The number of aromatic nitrogens is 2. The molecule has 1 saturated heterocycles. The molecule has 2 aromatic carbocycles. The molecule has 0 bridgehead atoms. The van der Waals surface area contributed by atoms with Crippen LogP contribution in [0.3, 0.4) is 0 Å². The summed E-state index contributed by atoms with van der Waals surface area (Å²) in [5.74, 6) is -0.880. The average Bonchev–Trinajstić information content (AvgIpc) is 3.52. The standard InChI is InChI=1S/C27H28N6O5/c28-24-23(26(36)30-12-15-8-9-33(14-15)27(37)38)31-20(13-29-24)17-5-3-6-18(10-17)25(35)32-22-19-7-2-1-4-16(19)11-21(22)34/h1-7,10,13,15,21-22,34H,8-9,11-12,14H2,(H2,28,29)(H,30,36)(H,32,35)(H,37,38)/t15-,21-,22+/m0/s1. The highest BCUT2D eigenvalue weighted by molar-refractivity contribution is 5.97. The van der Waals surface area contributed by atoms with Gasteiger partial charge in [-0.1, -0.05) is 36.4 Å². The van der Waals surface area contributed by atoms with Crippen molar-refractivity contribution >= 4 is 23.7 Å². The van der Waals surface area contributed by atoms with E-state index in [0.29, 0.717) is 49.3 Å². The van der Waals surface area contributed by atoms with Crippen LogP contribution in [0.4, 0.5) is 10.6 Å². The van der Waals surface area contributed by atoms with Crippen molar-refractivity contribution in [3.8, 4) is 11.3 Å². The number of hydrogen-bond acceptors (Lipinski definition) is 7. The first-order valence-corrected chi connectivity index (χ1v) is 12.4. The Hall–Kier alpha value is -4.51. The zero-order valence-corrected chi connectivity index (χ0v) is 20.5. The Kier molecular flexibility index (Phi) is 6.93. The fourth-order valence-electron chi connectivity index (χ4n) is 4.99. The minimum Gasteiger partial charge on any atom is -0.465 e. The van der Waals surface area contributed by atoms with E-state index in [1.807, 2.05) is 24.3 Å². The molecule has 1 aliphatic carbocycles. The largest absolute Gasteiger partial charge is 0.465 e. The predicted molar refractivity (Wildman–Crippen MR) is 138 cm³/mol. The van der Waals surface area contributed by atoms with Crippen LogP contribution in [0.1, 0.15) is 44.4 Å². The van der Waals surface area contributed by atoms with Gasteiger partial charge in [-0.05, 0) is 35.6 Å². The quantitative estimate of drug-likeness (QED) is 0.330. The van der Waals surface area contributed by atoms with Crippen LogP contribution in [0.2, 0.25) is 0 Å². The molecule has 1 fully saturated rings. The molecule has 1 aromatic heterocycles. The zero-order chi connectivity index (χ0) is 26.8. The van der Waals surface area contributed by atoms with Gasteiger partial charge in [-0.25, -0.2) is 14.8 Å². The van der Waals surface area contributed by atoms with Gasteiger partial charge in [-0.15, -0.1) is 0 Å². The van der Waals surface area contributed by atoms with Gasteiger partial charge in [0, 0.05) is 37.2 Å². The number of aliphatic hydroxyl groups is 1. The van der Waals surface area contributed by atoms with Gasteiger partial charge in [-0.2, -0.15) is 0 Å². The van der Waals surface area contributed by atoms with Gasteiger partial charge >= 0.3 is 6.09 Å². The fraction of sp³-hybridized carbons (Fsp3) is 0.296. The first kappa shape index (κ1) is 25.2. The highest BCUT2D eigenvalue weighted by Crippen LogP contribution is 2.31. The number of carbonyl (C=O) groups is 3. The summed E-state index contributed by atoms with van der Waals surface area (Å²) in [4.78, 5) is 46.8. The van der Waals surface area contributed by atoms with Crippen LogP contribution < -0.4 is 16.4 Å². The van der Waals surface area contributed by atoms with Gasteiger partial charge in [0.15, 0.2) is 11.5 Å². The zero-order valence-electron chi connectivity index (χ0n) is 20.5. The van der Waals surface area contributed by atoms with E-state index in [9.17, 15) is 19.5 Å². The number of fused-ring (bicyclic) bond motifs is 1. The molecular formula is C27H28N6O5. The number of likely N-dealkylation sites (tertiary alicyclic amines) is 1. The van der Waals surface area contributed by atoms with E-state index in [-0.39, 0.29) is 23.3 Å². The number of anilines is 1. The second-order valence-electron chi connectivity index (χ2n) is 9.58. The van der Waals surface area contributed by atoms with Crippen LogP contribution >= 0.6 is 0 Å². The highest BCUT2D eigenvalue weighted by atomic mass is 16.4. The van der Waals surface area contributed by atoms with Crippen LogP contribution in [0, 0.1) is 5.92 Å². The molecule has 3 amide bonds. The molecular weight excluding hydrogens is 488 g/mol. The van der Waals surface area contributed by atoms with Crippen molar-refractivity contribution in [3.63, 3.8) is 0 Å². The molecule has 2 aliphatic rings. The summed E-state index contributed by atoms with van der Waals surface area (Å²) >= 11 is 0. The lowest BCUT2D eigenvalue weighted by Gasteiger charge is -2.18. The minimum absolute atomic E-state index is 0.00737. The Labute approximate surface area is 218 Å². The van der Waals surface area contributed by atoms with Gasteiger partial charge in [0.1, 0.15) is 0 Å². The Morgan fingerprint density at radius 2 is 1.92 bits per heavy atom. The normalized spacial score (nSPS) is 20.1. The fourth-order valence-corrected chi connectivity index (χ4v) is 4.99. The molecule has 5 rings (SSSR count). The summed E-state index contributed by atoms with van der Waals surface area (Å²) in [6.45, 7) is 1.08. The Morgan fingerprint density at radius 3 is 2.71 bits per heavy atom. The first-order chi connectivity index (χ1) is 18.3. The molecule has 3 atom stereocenters. The molecule has 0 saturated carbocycles. The van der Waals surface area contributed by atoms with Gasteiger partial charge in [0.05, 0.1) is 24.0 Å². The van der Waals surface area contributed by atoms with E-state index in [4.69, 9.17) is 10.8 Å². The van der Waals surface area contributed by atoms with E-state index in [1.165, 1.54) is 11.1 Å². The van der Waals surface area contributed by atoms with Gasteiger partial charge < -0.3 is 31.5 Å². The number of nitrogens with zero attached hydrogens (tertiary/aromatic N) is 3. The summed E-state index contributed by atoms with van der Waals surface area (Å²) < 4.78 is 0. The number of nitrogens with one attached hydrogen (secondary N) is 2. The van der Waals surface area contributed by atoms with E-state index in [1.54, 1.807) is 24.3 Å². The van der Waals surface area contributed by atoms with E-state index < -0.39 is 24.1 Å². The van der Waals surface area contributed by atoms with E-state index >= 15 is 0 Å². The topological polar surface area (TPSA) is 171 Å². The Balaban J connectivity index is 1.28. The number of rotatable bonds is 6. The van der Waals surface area contributed by atoms with Crippen LogP contribution in [0.15, 0.2) is 54.7 Å². The molecule has 0 unspecified atom stereocenters. The van der Waals surface area contributed by atoms with E-state index in [2.05, 4.69) is 20.6 Å². The van der Waals surface area contributed by atoms with E-state index in [0.717, 1.165) is 11.1 Å². The lowest BCUT2D eigenvalue weighted by Crippen LogP contribution is -2.33. The van der Waals surface area contributed by atoms with Crippen molar-refractivity contribution < 1.29 is 24.6 Å². The van der Waals surface area contributed by atoms with Crippen molar-refractivity contribution in [2.24, 2.45) is 5.92 Å². The summed E-state index contributed by atoms with van der Waals surface area (Å²) in [6.07, 6.45) is 0.890. The van der Waals surface area contributed by atoms with Gasteiger partial charge in [0.25, 0.3) is 11.8 Å². The smallest absolute Gasteiger partial charge is 0.407 e. The molecule has 11 nitrogen and oxygen atoms in total. The second-order valence-corrected chi connectivity index (χ2v) is 9.58. The van der Waals surface area contributed by atoms with Crippen LogP contribution in [-0.4, -0.2) is 68.7 Å². The number of amides is 3. The molecule has 0 radical (unpaired) electrons. The highest BCUT2D eigenvalue weighted by Gasteiger charge is 2.32. The molecule has 38 heavy (non-hydrogen) atoms. The maximum absolute atomic E-state index is 13.1. The maximum Gasteiger partial charge on any atom is 0.407 e. The number of hydrogen-bond donors (Lipinski definition) is 5. The average molecular weight is 517 g/mol.